The van der Waals surface area contributed by atoms with Gasteiger partial charge in [-0.2, -0.15) is 21.4 Å². The summed E-state index contributed by atoms with van der Waals surface area (Å²) < 4.78 is 70.7. The minimum Gasteiger partial charge on any atom is -0.356 e. The highest BCUT2D eigenvalue weighted by atomic mass is 79.9. The van der Waals surface area contributed by atoms with Crippen LogP contribution in [0.1, 0.15) is 77.3 Å². The number of nitrogens with zero attached hydrogens (tertiary/aromatic N) is 4. The molecule has 5 aromatic rings. The van der Waals surface area contributed by atoms with Gasteiger partial charge in [-0.3, -0.25) is 18.7 Å². The Labute approximate surface area is 405 Å². The first-order chi connectivity index (χ1) is 32.1. The van der Waals surface area contributed by atoms with Crippen molar-refractivity contribution in [1.29, 1.82) is 0 Å². The van der Waals surface area contributed by atoms with Crippen LogP contribution in [-0.2, 0) is 40.7 Å². The van der Waals surface area contributed by atoms with Crippen LogP contribution in [0.4, 0.5) is 28.6 Å². The highest BCUT2D eigenvalue weighted by Crippen LogP contribution is 2.49. The summed E-state index contributed by atoms with van der Waals surface area (Å²) in [4.78, 5) is 36.0. The molecule has 0 fully saturated rings. The van der Waals surface area contributed by atoms with Crippen molar-refractivity contribution in [3.05, 3.63) is 137 Å². The van der Waals surface area contributed by atoms with Crippen LogP contribution in [0.15, 0.2) is 136 Å². The number of fused-ring (bicyclic) bond motifs is 3. The summed E-state index contributed by atoms with van der Waals surface area (Å²) in [6.07, 6.45) is 14.4. The minimum atomic E-state index is -4.45. The van der Waals surface area contributed by atoms with Gasteiger partial charge in [-0.25, -0.2) is 9.97 Å². The molecule has 5 N–H and O–H groups in total. The number of aromatic nitrogens is 2. The SMILES string of the molecule is C[N+]1=C(C=CC=C2N(CCCCCC(=O)NCCC/C=C/C(=O)Nc3ccc4ncnc(Nc5cccc(Br)c5)c4c3)c3ccc(S(=O)(=O)O)cc3C2(C)C)C(C)(C)c2cc(S(=O)(=O)O)ccc21. The molecule has 0 atom stereocenters. The van der Waals surface area contributed by atoms with Gasteiger partial charge in [0.25, 0.3) is 20.2 Å². The predicted octanol–water partition coefficient (Wildman–Crippen LogP) is 9.52. The van der Waals surface area contributed by atoms with E-state index in [9.17, 15) is 35.5 Å². The molecular formula is C50H55BrN7O8S2+. The number of anilines is 4. The van der Waals surface area contributed by atoms with E-state index in [-0.39, 0.29) is 21.6 Å². The van der Waals surface area contributed by atoms with Crippen molar-refractivity contribution in [2.45, 2.75) is 86.8 Å². The Hall–Kier alpha value is -6.05. The third-order valence-electron chi connectivity index (χ3n) is 12.4. The number of unbranched alkanes of at least 4 members (excludes halogenated alkanes) is 3. The Morgan fingerprint density at radius 1 is 0.824 bits per heavy atom. The lowest BCUT2D eigenvalue weighted by atomic mass is 9.81. The fourth-order valence-corrected chi connectivity index (χ4v) is 10.3. The highest BCUT2D eigenvalue weighted by Gasteiger charge is 2.44. The number of hydrogen-bond acceptors (Lipinski definition) is 10. The van der Waals surface area contributed by atoms with E-state index in [1.54, 1.807) is 24.3 Å². The average Bonchev–Trinajstić information content (AvgIpc) is 3.60. The molecule has 0 saturated heterocycles. The number of carbonyl (C=O) groups is 2. The molecule has 0 bridgehead atoms. The van der Waals surface area contributed by atoms with E-state index in [2.05, 4.69) is 46.7 Å². The van der Waals surface area contributed by atoms with Crippen LogP contribution in [0, 0.1) is 0 Å². The van der Waals surface area contributed by atoms with Crippen LogP contribution >= 0.6 is 15.9 Å². The van der Waals surface area contributed by atoms with E-state index in [4.69, 9.17) is 0 Å². The first kappa shape index (κ1) is 49.8. The maximum Gasteiger partial charge on any atom is 0.294 e. The van der Waals surface area contributed by atoms with Crippen molar-refractivity contribution >= 4 is 93.2 Å². The Morgan fingerprint density at radius 3 is 2.29 bits per heavy atom. The smallest absolute Gasteiger partial charge is 0.294 e. The fraction of sp³-hybridized carbons (Fsp3) is 0.300. The predicted molar refractivity (Wildman–Crippen MR) is 269 cm³/mol. The number of benzene rings is 4. The molecule has 7 rings (SSSR count). The van der Waals surface area contributed by atoms with E-state index >= 15 is 0 Å². The lowest BCUT2D eigenvalue weighted by Gasteiger charge is -2.27. The first-order valence-electron chi connectivity index (χ1n) is 22.2. The first-order valence-corrected chi connectivity index (χ1v) is 25.8. The molecule has 68 heavy (non-hydrogen) atoms. The number of carbonyl (C=O) groups excluding carboxylic acids is 2. The van der Waals surface area contributed by atoms with Gasteiger partial charge in [0.05, 0.1) is 20.7 Å². The van der Waals surface area contributed by atoms with Crippen LogP contribution in [0.2, 0.25) is 0 Å². The molecule has 0 unspecified atom stereocenters. The van der Waals surface area contributed by atoms with E-state index in [1.165, 1.54) is 36.7 Å². The van der Waals surface area contributed by atoms with Crippen LogP contribution in [0.5, 0.6) is 0 Å². The van der Waals surface area contributed by atoms with Crippen LogP contribution in [0.25, 0.3) is 10.9 Å². The molecule has 0 spiro atoms. The summed E-state index contributed by atoms with van der Waals surface area (Å²) >= 11 is 3.48. The maximum atomic E-state index is 12.7. The number of nitrogens with one attached hydrogen (secondary N) is 3. The zero-order valence-corrected chi connectivity index (χ0v) is 41.7. The molecule has 3 heterocycles. The minimum absolute atomic E-state index is 0.0504. The molecular weight excluding hydrogens is 971 g/mol. The van der Waals surface area contributed by atoms with Crippen molar-refractivity contribution in [3.63, 3.8) is 0 Å². The molecule has 1 aromatic heterocycles. The van der Waals surface area contributed by atoms with Gasteiger partial charge in [0, 0.05) is 75.2 Å². The normalized spacial score (nSPS) is 15.9. The maximum absolute atomic E-state index is 12.7. The number of hydrogen-bond donors (Lipinski definition) is 5. The van der Waals surface area contributed by atoms with Crippen molar-refractivity contribution in [2.24, 2.45) is 0 Å². The van der Waals surface area contributed by atoms with E-state index in [0.717, 1.165) is 67.8 Å². The monoisotopic (exact) mass is 1020 g/mol. The Morgan fingerprint density at radius 2 is 1.56 bits per heavy atom. The second-order valence-electron chi connectivity index (χ2n) is 17.8. The van der Waals surface area contributed by atoms with Crippen molar-refractivity contribution in [3.8, 4) is 0 Å². The third kappa shape index (κ3) is 11.3. The van der Waals surface area contributed by atoms with Gasteiger partial charge in [0.1, 0.15) is 19.2 Å². The summed E-state index contributed by atoms with van der Waals surface area (Å²) in [6.45, 7) is 9.04. The number of amides is 2. The largest absolute Gasteiger partial charge is 0.356 e. The molecule has 0 saturated carbocycles. The fourth-order valence-electron chi connectivity index (χ4n) is 8.84. The summed E-state index contributed by atoms with van der Waals surface area (Å²) in [6, 6.07) is 22.4. The third-order valence-corrected chi connectivity index (χ3v) is 14.6. The Kier molecular flexibility index (Phi) is 14.9. The van der Waals surface area contributed by atoms with E-state index in [0.29, 0.717) is 50.3 Å². The summed E-state index contributed by atoms with van der Waals surface area (Å²) in [5.41, 5.74) is 5.91. The second-order valence-corrected chi connectivity index (χ2v) is 21.6. The lowest BCUT2D eigenvalue weighted by molar-refractivity contribution is -0.401. The number of halogens is 1. The highest BCUT2D eigenvalue weighted by molar-refractivity contribution is 9.10. The molecule has 2 amide bonds. The second kappa shape index (κ2) is 20.3. The van der Waals surface area contributed by atoms with Crippen molar-refractivity contribution in [2.75, 3.05) is 35.7 Å². The molecule has 0 radical (unpaired) electrons. The molecule has 18 heteroatoms. The topological polar surface area (TPSA) is 211 Å². The van der Waals surface area contributed by atoms with Crippen molar-refractivity contribution < 1.29 is 40.1 Å². The molecule has 2 aliphatic heterocycles. The number of rotatable bonds is 18. The molecule has 2 aliphatic rings. The van der Waals surface area contributed by atoms with E-state index < -0.39 is 31.1 Å². The summed E-state index contributed by atoms with van der Waals surface area (Å²) in [7, 11) is -6.93. The average molecular weight is 1030 g/mol. The van der Waals surface area contributed by atoms with Crippen LogP contribution in [0.3, 0.4) is 0 Å². The van der Waals surface area contributed by atoms with Crippen LogP contribution in [-0.4, -0.2) is 78.1 Å². The number of allylic oxidation sites excluding steroid dienone is 5. The Balaban J connectivity index is 0.898. The molecule has 0 aliphatic carbocycles. The standard InChI is InChI=1S/C50H54BrN7O8S2/c1-49(2)39-30-36(67(61,62)63)21-24-42(39)57(5)44(49)16-13-17-45-50(3,4)40-31-37(68(64,65)66)22-25-43(40)58(45)27-11-7-9-18-46(59)52-26-10-6-8-19-47(60)55-35-20-23-41-38(29-35)48(54-32-53-41)56-34-15-12-14-33(51)28-34/h8,12-17,19-25,28-32H,6-7,9-11,18,26-27H2,1-5H3,(H4-,52,53,54,55,56,59,60,61,62,63,64,65,66)/p+1/b19-8+. The molecule has 15 nitrogen and oxygen atoms in total. The van der Waals surface area contributed by atoms with Crippen LogP contribution < -0.4 is 20.9 Å². The van der Waals surface area contributed by atoms with Crippen molar-refractivity contribution in [1.82, 2.24) is 15.3 Å². The van der Waals surface area contributed by atoms with Gasteiger partial charge in [0.2, 0.25) is 17.5 Å². The molecule has 4 aromatic carbocycles. The zero-order valence-electron chi connectivity index (χ0n) is 38.5. The van der Waals surface area contributed by atoms with E-state index in [1.807, 2.05) is 93.9 Å². The Bertz CT molecular complexity index is 3150. The van der Waals surface area contributed by atoms with Gasteiger partial charge < -0.3 is 20.9 Å². The quantitative estimate of drug-likeness (QED) is 0.0241. The summed E-state index contributed by atoms with van der Waals surface area (Å²) in [5, 5.41) is 9.93. The zero-order chi connectivity index (χ0) is 49.0. The summed E-state index contributed by atoms with van der Waals surface area (Å²) in [5.74, 6) is 0.287. The van der Waals surface area contributed by atoms with Gasteiger partial charge in [0.15, 0.2) is 5.71 Å². The molecule has 356 valence electrons. The van der Waals surface area contributed by atoms with Gasteiger partial charge >= 0.3 is 0 Å². The van der Waals surface area contributed by atoms with Gasteiger partial charge in [-0.05, 0) is 124 Å². The van der Waals surface area contributed by atoms with Gasteiger partial charge in [-0.1, -0.05) is 54.4 Å². The van der Waals surface area contributed by atoms with Gasteiger partial charge in [-0.15, -0.1) is 0 Å². The lowest BCUT2D eigenvalue weighted by Crippen LogP contribution is -2.28.